The van der Waals surface area contributed by atoms with Crippen LogP contribution in [-0.2, 0) is 0 Å². The molecule has 0 fully saturated rings. The first kappa shape index (κ1) is 11.5. The van der Waals surface area contributed by atoms with Crippen LogP contribution in [0.25, 0.3) is 0 Å². The van der Waals surface area contributed by atoms with Gasteiger partial charge in [-0.1, -0.05) is 18.2 Å². The third-order valence-electron chi connectivity index (χ3n) is 3.53. The summed E-state index contributed by atoms with van der Waals surface area (Å²) in [6.45, 7) is 2.89. The summed E-state index contributed by atoms with van der Waals surface area (Å²) >= 11 is 1.64. The summed E-state index contributed by atoms with van der Waals surface area (Å²) in [5.74, 6) is 0.276. The van der Waals surface area contributed by atoms with E-state index in [1.54, 1.807) is 11.3 Å². The maximum absolute atomic E-state index is 12.6. The van der Waals surface area contributed by atoms with E-state index in [-0.39, 0.29) is 11.7 Å². The van der Waals surface area contributed by atoms with Crippen LogP contribution in [0.4, 0.5) is 5.69 Å². The molecule has 1 N–H and O–H groups in total. The molecule has 1 atom stereocenters. The highest BCUT2D eigenvalue weighted by Crippen LogP contribution is 2.34. The number of rotatable bonds is 2. The maximum Gasteiger partial charge on any atom is 0.171 e. The quantitative estimate of drug-likeness (QED) is 0.828. The van der Waals surface area contributed by atoms with Crippen LogP contribution < -0.4 is 5.32 Å². The highest BCUT2D eigenvalue weighted by atomic mass is 32.1. The molecule has 1 unspecified atom stereocenters. The first-order chi connectivity index (χ1) is 8.77. The van der Waals surface area contributed by atoms with Crippen LogP contribution >= 0.6 is 11.3 Å². The minimum atomic E-state index is 0.00995. The average Bonchev–Trinajstić information content (AvgIpc) is 2.83. The van der Waals surface area contributed by atoms with Crippen molar-refractivity contribution in [3.63, 3.8) is 0 Å². The molecule has 1 aliphatic heterocycles. The van der Waals surface area contributed by atoms with Gasteiger partial charge in [-0.05, 0) is 36.4 Å². The fraction of sp³-hybridized carbons (Fsp3) is 0.267. The molecule has 1 aromatic heterocycles. The predicted octanol–water partition coefficient (Wildman–Crippen LogP) is 3.84. The number of fused-ring (bicyclic) bond motifs is 1. The van der Waals surface area contributed by atoms with Crippen molar-refractivity contribution in [2.24, 2.45) is 0 Å². The fourth-order valence-electron chi connectivity index (χ4n) is 2.57. The molecule has 0 saturated heterocycles. The van der Waals surface area contributed by atoms with E-state index >= 15 is 0 Å². The summed E-state index contributed by atoms with van der Waals surface area (Å²) in [4.78, 5) is 13.7. The molecule has 2 aromatic rings. The Hall–Kier alpha value is -1.61. The largest absolute Gasteiger partial charge is 0.385 e. The summed E-state index contributed by atoms with van der Waals surface area (Å²) in [5.41, 5.74) is 3.14. The highest BCUT2D eigenvalue weighted by Gasteiger charge is 2.27. The normalized spacial score (nSPS) is 17.9. The summed E-state index contributed by atoms with van der Waals surface area (Å²) in [6.07, 6.45) is 0.880. The van der Waals surface area contributed by atoms with Crippen molar-refractivity contribution in [1.29, 1.82) is 0 Å². The Morgan fingerprint density at radius 3 is 2.94 bits per heavy atom. The van der Waals surface area contributed by atoms with Gasteiger partial charge in [0.2, 0.25) is 0 Å². The number of carbonyl (C=O) groups excluding carboxylic acids is 1. The molecule has 1 aliphatic rings. The minimum absolute atomic E-state index is 0.00995. The summed E-state index contributed by atoms with van der Waals surface area (Å²) in [6, 6.07) is 10.1. The van der Waals surface area contributed by atoms with Crippen LogP contribution in [0.1, 0.15) is 33.1 Å². The topological polar surface area (TPSA) is 29.1 Å². The number of benzene rings is 1. The Morgan fingerprint density at radius 2 is 2.17 bits per heavy atom. The zero-order valence-electron chi connectivity index (χ0n) is 10.3. The van der Waals surface area contributed by atoms with E-state index in [0.717, 1.165) is 34.7 Å². The number of nitrogens with one attached hydrogen (secondary N) is 1. The zero-order valence-corrected chi connectivity index (χ0v) is 11.1. The molecule has 0 amide bonds. The number of carbonyl (C=O) groups is 1. The molecule has 0 bridgehead atoms. The zero-order chi connectivity index (χ0) is 12.5. The van der Waals surface area contributed by atoms with E-state index in [2.05, 4.69) is 17.4 Å². The molecule has 0 spiro atoms. The molecule has 18 heavy (non-hydrogen) atoms. The Bertz CT molecular complexity index is 588. The molecular formula is C15H15NOS. The first-order valence-electron chi connectivity index (χ1n) is 6.18. The third kappa shape index (κ3) is 1.85. The van der Waals surface area contributed by atoms with Crippen LogP contribution in [0.2, 0.25) is 0 Å². The average molecular weight is 257 g/mol. The van der Waals surface area contributed by atoms with Crippen LogP contribution in [0, 0.1) is 6.92 Å². The lowest BCUT2D eigenvalue weighted by molar-refractivity contribution is 0.0955. The molecule has 0 saturated carbocycles. The SMILES string of the molecule is Cc1sccc1C(=O)C1CCNc2ccccc21. The van der Waals surface area contributed by atoms with Gasteiger partial charge >= 0.3 is 0 Å². The molecule has 2 heterocycles. The van der Waals surface area contributed by atoms with Crippen molar-refractivity contribution in [2.45, 2.75) is 19.3 Å². The molecule has 3 rings (SSSR count). The molecule has 92 valence electrons. The van der Waals surface area contributed by atoms with E-state index in [4.69, 9.17) is 0 Å². The molecule has 0 aliphatic carbocycles. The second kappa shape index (κ2) is 4.58. The monoisotopic (exact) mass is 257 g/mol. The number of hydrogen-bond acceptors (Lipinski definition) is 3. The Labute approximate surface area is 111 Å². The number of anilines is 1. The van der Waals surface area contributed by atoms with Gasteiger partial charge in [-0.2, -0.15) is 0 Å². The van der Waals surface area contributed by atoms with E-state index in [0.29, 0.717) is 0 Å². The lowest BCUT2D eigenvalue weighted by Crippen LogP contribution is -2.23. The van der Waals surface area contributed by atoms with Gasteiger partial charge in [0.1, 0.15) is 0 Å². The van der Waals surface area contributed by atoms with Gasteiger partial charge in [0, 0.05) is 22.7 Å². The van der Waals surface area contributed by atoms with Gasteiger partial charge in [0.05, 0.1) is 5.92 Å². The van der Waals surface area contributed by atoms with E-state index in [1.165, 1.54) is 0 Å². The minimum Gasteiger partial charge on any atom is -0.385 e. The van der Waals surface area contributed by atoms with Crippen molar-refractivity contribution >= 4 is 22.8 Å². The Morgan fingerprint density at radius 1 is 1.33 bits per heavy atom. The van der Waals surface area contributed by atoms with Gasteiger partial charge in [0.25, 0.3) is 0 Å². The van der Waals surface area contributed by atoms with Crippen molar-refractivity contribution in [3.8, 4) is 0 Å². The second-order valence-electron chi connectivity index (χ2n) is 4.61. The standard InChI is InChI=1S/C15H15NOS/c1-10-11(7-9-18-10)15(17)13-6-8-16-14-5-3-2-4-12(13)14/h2-5,7,9,13,16H,6,8H2,1H3. The van der Waals surface area contributed by atoms with Gasteiger partial charge in [-0.15, -0.1) is 11.3 Å². The summed E-state index contributed by atoms with van der Waals surface area (Å²) < 4.78 is 0. The van der Waals surface area contributed by atoms with Gasteiger partial charge in [-0.25, -0.2) is 0 Å². The van der Waals surface area contributed by atoms with Crippen LogP contribution in [-0.4, -0.2) is 12.3 Å². The van der Waals surface area contributed by atoms with Gasteiger partial charge in [0.15, 0.2) is 5.78 Å². The van der Waals surface area contributed by atoms with Crippen LogP contribution in [0.3, 0.4) is 0 Å². The lowest BCUT2D eigenvalue weighted by atomic mass is 9.85. The Kier molecular flexibility index (Phi) is 2.92. The number of hydrogen-bond donors (Lipinski definition) is 1. The van der Waals surface area contributed by atoms with Crippen molar-refractivity contribution in [2.75, 3.05) is 11.9 Å². The number of aryl methyl sites for hydroxylation is 1. The van der Waals surface area contributed by atoms with Crippen molar-refractivity contribution in [1.82, 2.24) is 0 Å². The summed E-state index contributed by atoms with van der Waals surface area (Å²) in [5, 5.41) is 5.35. The first-order valence-corrected chi connectivity index (χ1v) is 7.06. The molecular weight excluding hydrogens is 242 g/mol. The fourth-order valence-corrected chi connectivity index (χ4v) is 3.27. The predicted molar refractivity (Wildman–Crippen MR) is 75.7 cm³/mol. The number of ketones is 1. The number of Topliss-reactive ketones (excluding diaryl/α,β-unsaturated/α-hetero) is 1. The maximum atomic E-state index is 12.6. The Balaban J connectivity index is 2.00. The van der Waals surface area contributed by atoms with Crippen molar-refractivity contribution < 1.29 is 4.79 Å². The van der Waals surface area contributed by atoms with E-state index in [1.807, 2.05) is 30.5 Å². The van der Waals surface area contributed by atoms with Gasteiger partial charge in [-0.3, -0.25) is 4.79 Å². The lowest BCUT2D eigenvalue weighted by Gasteiger charge is -2.25. The van der Waals surface area contributed by atoms with Gasteiger partial charge < -0.3 is 5.32 Å². The highest BCUT2D eigenvalue weighted by molar-refractivity contribution is 7.10. The molecule has 0 radical (unpaired) electrons. The van der Waals surface area contributed by atoms with E-state index in [9.17, 15) is 4.79 Å². The second-order valence-corrected chi connectivity index (χ2v) is 5.73. The van der Waals surface area contributed by atoms with E-state index < -0.39 is 0 Å². The smallest absolute Gasteiger partial charge is 0.171 e. The number of para-hydroxylation sites is 1. The number of thiophene rings is 1. The van der Waals surface area contributed by atoms with Crippen molar-refractivity contribution in [3.05, 3.63) is 51.7 Å². The molecule has 3 heteroatoms. The molecule has 1 aromatic carbocycles. The summed E-state index contributed by atoms with van der Waals surface area (Å²) in [7, 11) is 0. The third-order valence-corrected chi connectivity index (χ3v) is 4.37. The van der Waals surface area contributed by atoms with Crippen LogP contribution in [0.15, 0.2) is 35.7 Å². The molecule has 2 nitrogen and oxygen atoms in total. The van der Waals surface area contributed by atoms with Crippen LogP contribution in [0.5, 0.6) is 0 Å².